The Morgan fingerprint density at radius 2 is 1.65 bits per heavy atom. The molecule has 6 heteroatoms. The molecule has 2 fully saturated rings. The van der Waals surface area contributed by atoms with Gasteiger partial charge in [0.25, 0.3) is 0 Å². The van der Waals surface area contributed by atoms with Crippen LogP contribution in [0.1, 0.15) is 41.6 Å². The van der Waals surface area contributed by atoms with Crippen molar-refractivity contribution in [1.29, 1.82) is 0 Å². The van der Waals surface area contributed by atoms with Crippen molar-refractivity contribution < 1.29 is 9.53 Å². The number of carbonyl (C=O) groups is 1. The minimum atomic E-state index is 0.248. The summed E-state index contributed by atoms with van der Waals surface area (Å²) in [7, 11) is 0. The lowest BCUT2D eigenvalue weighted by Crippen LogP contribution is -2.43. The molecule has 0 bridgehead atoms. The van der Waals surface area contributed by atoms with Gasteiger partial charge in [0, 0.05) is 37.8 Å². The van der Waals surface area contributed by atoms with E-state index in [0.29, 0.717) is 10.0 Å². The highest BCUT2D eigenvalue weighted by Crippen LogP contribution is 2.28. The van der Waals surface area contributed by atoms with Crippen LogP contribution in [0.5, 0.6) is 5.75 Å². The lowest BCUT2D eigenvalue weighted by atomic mass is 9.94. The van der Waals surface area contributed by atoms with Crippen molar-refractivity contribution >= 4 is 29.5 Å². The molecular weight excluding hydrogens is 431 g/mol. The molecule has 4 rings (SSSR count). The van der Waals surface area contributed by atoms with E-state index in [1.54, 1.807) is 12.1 Å². The Hall–Kier alpha value is -1.59. The van der Waals surface area contributed by atoms with Crippen LogP contribution in [0.4, 0.5) is 0 Å². The Bertz CT molecular complexity index is 876. The highest BCUT2D eigenvalue weighted by molar-refractivity contribution is 6.42. The molecule has 166 valence electrons. The Balaban J connectivity index is 1.17. The highest BCUT2D eigenvalue weighted by atomic mass is 35.5. The van der Waals surface area contributed by atoms with Crippen LogP contribution in [0.3, 0.4) is 0 Å². The van der Waals surface area contributed by atoms with Crippen molar-refractivity contribution in [3.63, 3.8) is 0 Å². The summed E-state index contributed by atoms with van der Waals surface area (Å²) in [5, 5.41) is 1.10. The maximum Gasteiger partial charge on any atom is 0.150 e. The van der Waals surface area contributed by atoms with Crippen LogP contribution in [-0.2, 0) is 6.54 Å². The molecule has 0 atom stereocenters. The molecular formula is C25H30Cl2N2O2. The second-order valence-corrected chi connectivity index (χ2v) is 9.59. The summed E-state index contributed by atoms with van der Waals surface area (Å²) in [5.74, 6) is 1.57. The van der Waals surface area contributed by atoms with Crippen LogP contribution in [0, 0.1) is 5.92 Å². The van der Waals surface area contributed by atoms with E-state index in [0.717, 1.165) is 69.1 Å². The number of piperidine rings is 2. The fourth-order valence-electron chi connectivity index (χ4n) is 4.67. The standard InChI is InChI=1S/C25H30Cl2N2O2/c26-24-5-4-23(15-25(24)27)31-22-8-12-29(13-9-22)16-19-6-10-28(11-7-19)17-20-2-1-3-21(14-20)18-30/h1-5,14-15,18-19,22H,6-13,16-17H2. The lowest BCUT2D eigenvalue weighted by molar-refractivity contribution is 0.0773. The minimum Gasteiger partial charge on any atom is -0.490 e. The van der Waals surface area contributed by atoms with Gasteiger partial charge in [-0.25, -0.2) is 0 Å². The molecule has 2 heterocycles. The Labute approximate surface area is 195 Å². The number of carbonyl (C=O) groups excluding carboxylic acids is 1. The van der Waals surface area contributed by atoms with Crippen molar-refractivity contribution in [3.05, 3.63) is 63.6 Å². The Morgan fingerprint density at radius 3 is 2.35 bits per heavy atom. The fourth-order valence-corrected chi connectivity index (χ4v) is 4.96. The van der Waals surface area contributed by atoms with Gasteiger partial charge in [0.15, 0.2) is 0 Å². The van der Waals surface area contributed by atoms with Gasteiger partial charge in [-0.3, -0.25) is 9.69 Å². The molecule has 4 nitrogen and oxygen atoms in total. The second-order valence-electron chi connectivity index (χ2n) is 8.78. The van der Waals surface area contributed by atoms with Gasteiger partial charge in [0.05, 0.1) is 10.0 Å². The lowest BCUT2D eigenvalue weighted by Gasteiger charge is -2.37. The number of rotatable bonds is 7. The number of aldehydes is 1. The number of hydrogen-bond donors (Lipinski definition) is 0. The van der Waals surface area contributed by atoms with E-state index >= 15 is 0 Å². The normalized spacial score (nSPS) is 19.4. The first-order valence-corrected chi connectivity index (χ1v) is 11.9. The number of halogens is 2. The summed E-state index contributed by atoms with van der Waals surface area (Å²) in [4.78, 5) is 16.1. The number of benzene rings is 2. The third kappa shape index (κ3) is 6.45. The van der Waals surface area contributed by atoms with Gasteiger partial charge in [-0.15, -0.1) is 0 Å². The van der Waals surface area contributed by atoms with Crippen LogP contribution >= 0.6 is 23.2 Å². The van der Waals surface area contributed by atoms with Crippen molar-refractivity contribution in [2.45, 2.75) is 38.3 Å². The highest BCUT2D eigenvalue weighted by Gasteiger charge is 2.25. The summed E-state index contributed by atoms with van der Waals surface area (Å²) in [5.41, 5.74) is 1.99. The van der Waals surface area contributed by atoms with Gasteiger partial charge in [0.1, 0.15) is 18.1 Å². The van der Waals surface area contributed by atoms with E-state index in [-0.39, 0.29) is 6.10 Å². The Kier molecular flexibility index (Phi) is 7.89. The van der Waals surface area contributed by atoms with Crippen molar-refractivity contribution in [3.8, 4) is 5.75 Å². The molecule has 0 N–H and O–H groups in total. The molecule has 2 aliphatic heterocycles. The van der Waals surface area contributed by atoms with E-state index < -0.39 is 0 Å². The van der Waals surface area contributed by atoms with E-state index in [1.807, 2.05) is 24.3 Å². The Morgan fingerprint density at radius 1 is 0.903 bits per heavy atom. The molecule has 2 aromatic carbocycles. The molecule has 31 heavy (non-hydrogen) atoms. The van der Waals surface area contributed by atoms with Crippen LogP contribution in [0.15, 0.2) is 42.5 Å². The second kappa shape index (κ2) is 10.8. The van der Waals surface area contributed by atoms with Crippen LogP contribution < -0.4 is 4.74 Å². The quantitative estimate of drug-likeness (QED) is 0.506. The molecule has 0 aliphatic carbocycles. The SMILES string of the molecule is O=Cc1cccc(CN2CCC(CN3CCC(Oc4ccc(Cl)c(Cl)c4)CC3)CC2)c1. The average Bonchev–Trinajstić information content (AvgIpc) is 2.79. The smallest absolute Gasteiger partial charge is 0.150 e. The predicted octanol–water partition coefficient (Wildman–Crippen LogP) is 5.56. The maximum absolute atomic E-state index is 11.0. The third-order valence-electron chi connectivity index (χ3n) is 6.45. The van der Waals surface area contributed by atoms with Crippen LogP contribution in [0.2, 0.25) is 10.0 Å². The molecule has 0 aromatic heterocycles. The molecule has 0 spiro atoms. The summed E-state index contributed by atoms with van der Waals surface area (Å²) in [6.07, 6.45) is 5.75. The number of nitrogens with zero attached hydrogens (tertiary/aromatic N) is 2. The van der Waals surface area contributed by atoms with E-state index in [1.165, 1.54) is 24.9 Å². The third-order valence-corrected chi connectivity index (χ3v) is 7.18. The number of hydrogen-bond acceptors (Lipinski definition) is 4. The molecule has 2 aliphatic rings. The average molecular weight is 461 g/mol. The van der Waals surface area contributed by atoms with Crippen LogP contribution in [0.25, 0.3) is 0 Å². The molecule has 2 saturated heterocycles. The maximum atomic E-state index is 11.0. The zero-order valence-corrected chi connectivity index (χ0v) is 19.3. The summed E-state index contributed by atoms with van der Waals surface area (Å²) >= 11 is 12.1. The van der Waals surface area contributed by atoms with E-state index in [4.69, 9.17) is 27.9 Å². The van der Waals surface area contributed by atoms with Crippen molar-refractivity contribution in [1.82, 2.24) is 9.80 Å². The van der Waals surface area contributed by atoms with Gasteiger partial charge in [-0.1, -0.05) is 41.4 Å². The van der Waals surface area contributed by atoms with Gasteiger partial charge in [-0.05, 0) is 68.5 Å². The molecule has 2 aromatic rings. The summed E-state index contributed by atoms with van der Waals surface area (Å²) in [6.45, 7) is 6.56. The topological polar surface area (TPSA) is 32.8 Å². The first-order valence-electron chi connectivity index (χ1n) is 11.2. The van der Waals surface area contributed by atoms with Crippen molar-refractivity contribution in [2.24, 2.45) is 5.92 Å². The molecule has 0 unspecified atom stereocenters. The first kappa shape index (κ1) is 22.6. The van der Waals surface area contributed by atoms with Crippen molar-refractivity contribution in [2.75, 3.05) is 32.7 Å². The minimum absolute atomic E-state index is 0.248. The largest absolute Gasteiger partial charge is 0.490 e. The van der Waals surface area contributed by atoms with Gasteiger partial charge < -0.3 is 9.64 Å². The van der Waals surface area contributed by atoms with E-state index in [2.05, 4.69) is 15.9 Å². The molecule has 0 amide bonds. The predicted molar refractivity (Wildman–Crippen MR) is 126 cm³/mol. The fraction of sp³-hybridized carbons (Fsp3) is 0.480. The number of ether oxygens (including phenoxy) is 1. The van der Waals surface area contributed by atoms with E-state index in [9.17, 15) is 4.79 Å². The van der Waals surface area contributed by atoms with Gasteiger partial charge in [0.2, 0.25) is 0 Å². The van der Waals surface area contributed by atoms with Crippen LogP contribution in [-0.4, -0.2) is 54.9 Å². The summed E-state index contributed by atoms with van der Waals surface area (Å²) in [6, 6.07) is 13.4. The summed E-state index contributed by atoms with van der Waals surface area (Å²) < 4.78 is 6.12. The zero-order chi connectivity index (χ0) is 21.6. The molecule has 0 saturated carbocycles. The zero-order valence-electron chi connectivity index (χ0n) is 17.8. The monoisotopic (exact) mass is 460 g/mol. The first-order chi connectivity index (χ1) is 15.1. The van der Waals surface area contributed by atoms with Gasteiger partial charge in [-0.2, -0.15) is 0 Å². The van der Waals surface area contributed by atoms with Gasteiger partial charge >= 0.3 is 0 Å². The molecule has 0 radical (unpaired) electrons. The number of likely N-dealkylation sites (tertiary alicyclic amines) is 2.